The lowest BCUT2D eigenvalue weighted by molar-refractivity contribution is -0.301. The van der Waals surface area contributed by atoms with Gasteiger partial charge in [-0.2, -0.15) is 0 Å². The summed E-state index contributed by atoms with van der Waals surface area (Å²) in [7, 11) is 0. The number of esters is 3. The van der Waals surface area contributed by atoms with Gasteiger partial charge in [-0.1, -0.05) is 248 Å². The van der Waals surface area contributed by atoms with Gasteiger partial charge in [-0.3, -0.25) is 14.4 Å². The number of carbonyl (C=O) groups excluding carboxylic acids is 3. The average Bonchev–Trinajstić information content (AvgIpc) is 3.44. The van der Waals surface area contributed by atoms with Crippen LogP contribution in [-0.2, 0) is 42.9 Å². The molecule has 3 N–H and O–H groups in total. The monoisotopic (exact) mass is 1110 g/mol. The summed E-state index contributed by atoms with van der Waals surface area (Å²) in [6.45, 7) is 5.89. The molecule has 0 amide bonds. The number of carboxylic acid groups (broad SMARTS) is 1. The molecule has 79 heavy (non-hydrogen) atoms. The van der Waals surface area contributed by atoms with E-state index in [0.717, 1.165) is 89.9 Å². The molecule has 1 aliphatic rings. The highest BCUT2D eigenvalue weighted by Crippen LogP contribution is 2.26. The quantitative estimate of drug-likeness (QED) is 0.0228. The van der Waals surface area contributed by atoms with Crippen molar-refractivity contribution in [2.45, 2.75) is 327 Å². The van der Waals surface area contributed by atoms with Crippen LogP contribution in [0.2, 0.25) is 0 Å². The molecule has 6 atom stereocenters. The first-order valence-electron chi connectivity index (χ1n) is 32.3. The van der Waals surface area contributed by atoms with Crippen molar-refractivity contribution in [1.82, 2.24) is 0 Å². The van der Waals surface area contributed by atoms with Crippen molar-refractivity contribution in [3.8, 4) is 0 Å². The second kappa shape index (κ2) is 55.0. The van der Waals surface area contributed by atoms with E-state index in [4.69, 9.17) is 23.7 Å². The SMILES string of the molecule is CC/C=C\C/C=C\C/C=C\C/C=C\CCCCC(=O)OC1C(OCC(COC(=O)CCCCCCCCCCCCCCCCCCCCC)OC(=O)CCCCCCC/C=C\CCCCCCCC)OC(C(=O)O)C(O)C1O. The minimum absolute atomic E-state index is 0.00791. The summed E-state index contributed by atoms with van der Waals surface area (Å²) >= 11 is 0. The maximum Gasteiger partial charge on any atom is 0.335 e. The Balaban J connectivity index is 2.67. The Kier molecular flexibility index (Phi) is 51.1. The molecule has 0 radical (unpaired) electrons. The van der Waals surface area contributed by atoms with E-state index in [1.54, 1.807) is 0 Å². The second-order valence-corrected chi connectivity index (χ2v) is 22.0. The van der Waals surface area contributed by atoms with Crippen LogP contribution < -0.4 is 0 Å². The molecule has 1 fully saturated rings. The Bertz CT molecular complexity index is 1600. The van der Waals surface area contributed by atoms with Crippen molar-refractivity contribution in [2.24, 2.45) is 0 Å². The summed E-state index contributed by atoms with van der Waals surface area (Å²) in [6, 6.07) is 0. The molecule has 1 saturated heterocycles. The first-order chi connectivity index (χ1) is 38.6. The fourth-order valence-corrected chi connectivity index (χ4v) is 9.65. The number of aliphatic hydroxyl groups excluding tert-OH is 2. The maximum atomic E-state index is 13.2. The predicted octanol–water partition coefficient (Wildman–Crippen LogP) is 17.1. The van der Waals surface area contributed by atoms with E-state index in [2.05, 4.69) is 81.5 Å². The van der Waals surface area contributed by atoms with Gasteiger partial charge in [-0.05, 0) is 83.5 Å². The Morgan fingerprint density at radius 1 is 0.430 bits per heavy atom. The number of allylic oxidation sites excluding steroid dienone is 10. The van der Waals surface area contributed by atoms with Crippen LogP contribution in [0.3, 0.4) is 0 Å². The summed E-state index contributed by atoms with van der Waals surface area (Å²) in [5.74, 6) is -3.17. The van der Waals surface area contributed by atoms with Crippen LogP contribution in [0.4, 0.5) is 0 Å². The van der Waals surface area contributed by atoms with Crippen LogP contribution in [0, 0.1) is 0 Å². The van der Waals surface area contributed by atoms with Crippen LogP contribution in [0.1, 0.15) is 290 Å². The summed E-state index contributed by atoms with van der Waals surface area (Å²) in [5, 5.41) is 31.5. The number of aliphatic carboxylic acids is 1. The predicted molar refractivity (Wildman–Crippen MR) is 322 cm³/mol. The number of unbranched alkanes of at least 4 members (excludes halogenated alkanes) is 31. The molecule has 6 unspecified atom stereocenters. The molecule has 0 aromatic carbocycles. The maximum absolute atomic E-state index is 13.2. The van der Waals surface area contributed by atoms with Crippen molar-refractivity contribution < 1.29 is 58.2 Å². The van der Waals surface area contributed by atoms with Crippen LogP contribution in [0.25, 0.3) is 0 Å². The minimum Gasteiger partial charge on any atom is -0.479 e. The molecule has 0 aliphatic carbocycles. The van der Waals surface area contributed by atoms with Gasteiger partial charge in [0.05, 0.1) is 6.61 Å². The second-order valence-electron chi connectivity index (χ2n) is 22.0. The van der Waals surface area contributed by atoms with Gasteiger partial charge in [0.2, 0.25) is 0 Å². The average molecular weight is 1110 g/mol. The number of rotatable bonds is 55. The van der Waals surface area contributed by atoms with Crippen LogP contribution in [0.5, 0.6) is 0 Å². The van der Waals surface area contributed by atoms with Crippen molar-refractivity contribution in [1.29, 1.82) is 0 Å². The Morgan fingerprint density at radius 3 is 1.25 bits per heavy atom. The summed E-state index contributed by atoms with van der Waals surface area (Å²) in [4.78, 5) is 51.3. The highest BCUT2D eigenvalue weighted by Gasteiger charge is 2.50. The van der Waals surface area contributed by atoms with Crippen LogP contribution in [-0.4, -0.2) is 89.2 Å². The van der Waals surface area contributed by atoms with Crippen molar-refractivity contribution in [3.05, 3.63) is 60.8 Å². The van der Waals surface area contributed by atoms with Gasteiger partial charge < -0.3 is 39.0 Å². The Morgan fingerprint density at radius 2 is 0.797 bits per heavy atom. The van der Waals surface area contributed by atoms with E-state index < -0.39 is 67.3 Å². The van der Waals surface area contributed by atoms with E-state index >= 15 is 0 Å². The summed E-state index contributed by atoms with van der Waals surface area (Å²) in [6.07, 6.45) is 56.2. The topological polar surface area (TPSA) is 175 Å². The molecule has 0 aromatic rings. The van der Waals surface area contributed by atoms with Gasteiger partial charge >= 0.3 is 23.9 Å². The fraction of sp³-hybridized carbons (Fsp3) is 0.791. The molecule has 0 saturated carbocycles. The van der Waals surface area contributed by atoms with Crippen molar-refractivity contribution in [2.75, 3.05) is 13.2 Å². The third-order valence-corrected chi connectivity index (χ3v) is 14.6. The molecule has 1 rings (SSSR count). The number of aliphatic hydroxyl groups is 2. The van der Waals surface area contributed by atoms with Gasteiger partial charge in [0, 0.05) is 19.3 Å². The first-order valence-corrected chi connectivity index (χ1v) is 32.3. The smallest absolute Gasteiger partial charge is 0.335 e. The van der Waals surface area contributed by atoms with E-state index in [1.807, 2.05) is 0 Å². The zero-order chi connectivity index (χ0) is 57.5. The van der Waals surface area contributed by atoms with Gasteiger partial charge in [-0.25, -0.2) is 4.79 Å². The highest BCUT2D eigenvalue weighted by molar-refractivity contribution is 5.74. The van der Waals surface area contributed by atoms with E-state index in [0.29, 0.717) is 25.7 Å². The lowest BCUT2D eigenvalue weighted by Gasteiger charge is -2.40. The molecule has 0 bridgehead atoms. The minimum atomic E-state index is -1.92. The lowest BCUT2D eigenvalue weighted by atomic mass is 9.98. The van der Waals surface area contributed by atoms with Crippen molar-refractivity contribution in [3.63, 3.8) is 0 Å². The molecular formula is C67H116O12. The van der Waals surface area contributed by atoms with Crippen LogP contribution in [0.15, 0.2) is 60.8 Å². The molecule has 1 aliphatic heterocycles. The zero-order valence-electron chi connectivity index (χ0n) is 50.4. The number of carbonyl (C=O) groups is 4. The van der Waals surface area contributed by atoms with Gasteiger partial charge in [-0.15, -0.1) is 0 Å². The molecule has 0 aromatic heterocycles. The largest absolute Gasteiger partial charge is 0.479 e. The van der Waals surface area contributed by atoms with E-state index in [-0.39, 0.29) is 25.9 Å². The molecule has 0 spiro atoms. The first kappa shape index (κ1) is 73.4. The highest BCUT2D eigenvalue weighted by atomic mass is 16.7. The number of carboxylic acids is 1. The molecule has 12 nitrogen and oxygen atoms in total. The van der Waals surface area contributed by atoms with Crippen molar-refractivity contribution >= 4 is 23.9 Å². The normalized spacial score (nSPS) is 18.2. The lowest BCUT2D eigenvalue weighted by Crippen LogP contribution is -2.61. The molecular weight excluding hydrogens is 997 g/mol. The van der Waals surface area contributed by atoms with Gasteiger partial charge in [0.15, 0.2) is 24.6 Å². The standard InChI is InChI=1S/C67H116O12/c1-4-7-10-13-16-19-22-25-28-29-30-31-34-35-38-41-44-47-50-53-59(68)75-56-58(77-60(69)54-51-48-45-42-39-36-32-26-23-20-17-14-11-8-5-2)57-76-67-65(63(72)62(71)64(79-67)66(73)74)78-61(70)55-52-49-46-43-40-37-33-27-24-21-18-15-12-9-6-3/h9,12,18,21,26-27,32-33,40,43,58,62-65,67,71-72H,4-8,10-11,13-17,19-20,22-25,28-31,34-39,41-42,44-57H2,1-3H3,(H,73,74)/b12-9-,21-18-,32-26-,33-27-,43-40-. The van der Waals surface area contributed by atoms with Gasteiger partial charge in [0.1, 0.15) is 18.8 Å². The fourth-order valence-electron chi connectivity index (χ4n) is 9.65. The Labute approximate surface area is 481 Å². The molecule has 12 heteroatoms. The number of hydrogen-bond donors (Lipinski definition) is 3. The number of ether oxygens (including phenoxy) is 5. The van der Waals surface area contributed by atoms with E-state index in [1.165, 1.54) is 135 Å². The number of hydrogen-bond acceptors (Lipinski definition) is 11. The van der Waals surface area contributed by atoms with E-state index in [9.17, 15) is 34.5 Å². The summed E-state index contributed by atoms with van der Waals surface area (Å²) < 4.78 is 28.5. The summed E-state index contributed by atoms with van der Waals surface area (Å²) in [5.41, 5.74) is 0. The van der Waals surface area contributed by atoms with Crippen LogP contribution >= 0.6 is 0 Å². The third kappa shape index (κ3) is 44.7. The Hall–Kier alpha value is -3.58. The van der Waals surface area contributed by atoms with Gasteiger partial charge in [0.25, 0.3) is 0 Å². The third-order valence-electron chi connectivity index (χ3n) is 14.6. The zero-order valence-corrected chi connectivity index (χ0v) is 50.4. The molecule has 1 heterocycles. The molecule has 456 valence electrons.